The quantitative estimate of drug-likeness (QED) is 0.830. The third-order valence-electron chi connectivity index (χ3n) is 2.98. The van der Waals surface area contributed by atoms with Crippen molar-refractivity contribution < 1.29 is 13.2 Å². The number of ether oxygens (including phenoxy) is 1. The van der Waals surface area contributed by atoms with Crippen LogP contribution in [0.2, 0.25) is 0 Å². The fraction of sp³-hybridized carbons (Fsp3) is 0.455. The van der Waals surface area contributed by atoms with Gasteiger partial charge in [0.15, 0.2) is 9.84 Å². The summed E-state index contributed by atoms with van der Waals surface area (Å²) in [4.78, 5) is 0. The van der Waals surface area contributed by atoms with Crippen LogP contribution in [-0.4, -0.2) is 32.6 Å². The van der Waals surface area contributed by atoms with Crippen LogP contribution in [0.4, 0.5) is 5.69 Å². The zero-order valence-corrected chi connectivity index (χ0v) is 9.59. The van der Waals surface area contributed by atoms with Gasteiger partial charge in [0.25, 0.3) is 0 Å². The van der Waals surface area contributed by atoms with Crippen LogP contribution in [0.3, 0.4) is 0 Å². The van der Waals surface area contributed by atoms with Gasteiger partial charge in [-0.25, -0.2) is 8.42 Å². The molecule has 0 atom stereocenters. The summed E-state index contributed by atoms with van der Waals surface area (Å²) in [5, 5.41) is 3.27. The van der Waals surface area contributed by atoms with Crippen molar-refractivity contribution in [1.29, 1.82) is 0 Å². The second-order valence-electron chi connectivity index (χ2n) is 4.28. The molecule has 0 unspecified atom stereocenters. The third-order valence-corrected chi connectivity index (χ3v) is 4.74. The van der Waals surface area contributed by atoms with E-state index in [2.05, 4.69) is 11.4 Å². The van der Waals surface area contributed by atoms with Crippen LogP contribution in [0.25, 0.3) is 0 Å². The summed E-state index contributed by atoms with van der Waals surface area (Å²) in [7, 11) is -2.81. The molecule has 0 radical (unpaired) electrons. The summed E-state index contributed by atoms with van der Waals surface area (Å²) in [6.45, 7) is 0.929. The Hall–Kier alpha value is -1.23. The highest BCUT2D eigenvalue weighted by Crippen LogP contribution is 2.34. The SMILES string of the molecule is O=S1(=O)CC(Oc2cccc3c2NCC3)C1. The molecule has 5 heteroatoms. The third kappa shape index (κ3) is 1.65. The van der Waals surface area contributed by atoms with Crippen molar-refractivity contribution in [2.75, 3.05) is 23.4 Å². The Balaban J connectivity index is 1.79. The van der Waals surface area contributed by atoms with Crippen LogP contribution in [0.15, 0.2) is 18.2 Å². The molecule has 1 aromatic rings. The van der Waals surface area contributed by atoms with Crippen molar-refractivity contribution in [1.82, 2.24) is 0 Å². The minimum atomic E-state index is -2.81. The van der Waals surface area contributed by atoms with Gasteiger partial charge in [-0.1, -0.05) is 12.1 Å². The Morgan fingerprint density at radius 1 is 1.31 bits per heavy atom. The van der Waals surface area contributed by atoms with E-state index in [9.17, 15) is 8.42 Å². The molecule has 0 bridgehead atoms. The molecule has 0 spiro atoms. The molecule has 4 nitrogen and oxygen atoms in total. The van der Waals surface area contributed by atoms with Crippen LogP contribution in [0.5, 0.6) is 5.75 Å². The van der Waals surface area contributed by atoms with E-state index in [4.69, 9.17) is 4.74 Å². The standard InChI is InChI=1S/C11H13NO3S/c13-16(14)6-9(7-16)15-10-3-1-2-8-4-5-12-11(8)10/h1-3,9,12H,4-7H2. The summed E-state index contributed by atoms with van der Waals surface area (Å²) in [6, 6.07) is 5.91. The Morgan fingerprint density at radius 3 is 2.88 bits per heavy atom. The maximum atomic E-state index is 11.0. The summed E-state index contributed by atoms with van der Waals surface area (Å²) in [5.41, 5.74) is 2.28. The lowest BCUT2D eigenvalue weighted by Gasteiger charge is -2.27. The zero-order valence-electron chi connectivity index (χ0n) is 8.77. The molecular weight excluding hydrogens is 226 g/mol. The number of sulfone groups is 1. The van der Waals surface area contributed by atoms with Gasteiger partial charge in [0.05, 0.1) is 17.2 Å². The number of para-hydroxylation sites is 1. The molecule has 0 saturated carbocycles. The van der Waals surface area contributed by atoms with Crippen LogP contribution in [0.1, 0.15) is 5.56 Å². The first-order chi connectivity index (χ1) is 7.64. The average molecular weight is 239 g/mol. The normalized spacial score (nSPS) is 22.0. The number of benzene rings is 1. The molecule has 0 amide bonds. The lowest BCUT2D eigenvalue weighted by molar-refractivity contribution is 0.231. The van der Waals surface area contributed by atoms with Crippen molar-refractivity contribution in [3.05, 3.63) is 23.8 Å². The molecule has 1 fully saturated rings. The fourth-order valence-electron chi connectivity index (χ4n) is 2.17. The number of nitrogens with one attached hydrogen (secondary N) is 1. The molecule has 86 valence electrons. The maximum absolute atomic E-state index is 11.0. The fourth-order valence-corrected chi connectivity index (χ4v) is 3.34. The first kappa shape index (κ1) is 9.96. The Morgan fingerprint density at radius 2 is 2.12 bits per heavy atom. The van der Waals surface area contributed by atoms with Gasteiger partial charge in [0, 0.05) is 6.54 Å². The van der Waals surface area contributed by atoms with E-state index >= 15 is 0 Å². The molecule has 1 N–H and O–H groups in total. The summed E-state index contributed by atoms with van der Waals surface area (Å²) < 4.78 is 27.7. The van der Waals surface area contributed by atoms with E-state index in [0.29, 0.717) is 0 Å². The Bertz CT molecular complexity index is 512. The molecular formula is C11H13NO3S. The van der Waals surface area contributed by atoms with Crippen molar-refractivity contribution in [2.24, 2.45) is 0 Å². The van der Waals surface area contributed by atoms with Gasteiger partial charge in [-0.3, -0.25) is 0 Å². The second kappa shape index (κ2) is 3.38. The number of rotatable bonds is 2. The monoisotopic (exact) mass is 239 g/mol. The van der Waals surface area contributed by atoms with Gasteiger partial charge in [-0.2, -0.15) is 0 Å². The maximum Gasteiger partial charge on any atom is 0.157 e. The van der Waals surface area contributed by atoms with E-state index in [1.165, 1.54) is 5.56 Å². The first-order valence-corrected chi connectivity index (χ1v) is 7.19. The van der Waals surface area contributed by atoms with Crippen molar-refractivity contribution in [3.8, 4) is 5.75 Å². The predicted molar refractivity (Wildman–Crippen MR) is 61.7 cm³/mol. The predicted octanol–water partition coefficient (Wildman–Crippen LogP) is 0.830. The van der Waals surface area contributed by atoms with Gasteiger partial charge < -0.3 is 10.1 Å². The number of hydrogen-bond acceptors (Lipinski definition) is 4. The minimum Gasteiger partial charge on any atom is -0.486 e. The van der Waals surface area contributed by atoms with Crippen LogP contribution >= 0.6 is 0 Å². The highest BCUT2D eigenvalue weighted by atomic mass is 32.2. The van der Waals surface area contributed by atoms with Crippen LogP contribution < -0.4 is 10.1 Å². The van der Waals surface area contributed by atoms with Gasteiger partial charge in [0.1, 0.15) is 11.9 Å². The lowest BCUT2D eigenvalue weighted by atomic mass is 10.1. The molecule has 2 aliphatic heterocycles. The largest absolute Gasteiger partial charge is 0.486 e. The Kier molecular flexibility index (Phi) is 2.10. The van der Waals surface area contributed by atoms with Gasteiger partial charge in [0.2, 0.25) is 0 Å². The number of fused-ring (bicyclic) bond motifs is 1. The molecule has 0 aliphatic carbocycles. The molecule has 1 saturated heterocycles. The molecule has 3 rings (SSSR count). The van der Waals surface area contributed by atoms with Gasteiger partial charge >= 0.3 is 0 Å². The first-order valence-electron chi connectivity index (χ1n) is 5.37. The second-order valence-corrected chi connectivity index (χ2v) is 6.44. The summed E-state index contributed by atoms with van der Waals surface area (Å²) in [6.07, 6.45) is 0.842. The highest BCUT2D eigenvalue weighted by molar-refractivity contribution is 7.92. The van der Waals surface area contributed by atoms with Crippen LogP contribution in [0, 0.1) is 0 Å². The van der Waals surface area contributed by atoms with Gasteiger partial charge in [-0.05, 0) is 18.1 Å². The van der Waals surface area contributed by atoms with E-state index < -0.39 is 9.84 Å². The van der Waals surface area contributed by atoms with Crippen molar-refractivity contribution >= 4 is 15.5 Å². The number of anilines is 1. The smallest absolute Gasteiger partial charge is 0.157 e. The zero-order chi connectivity index (χ0) is 11.2. The minimum absolute atomic E-state index is 0.149. The molecule has 2 aliphatic rings. The summed E-state index contributed by atoms with van der Waals surface area (Å²) >= 11 is 0. The van der Waals surface area contributed by atoms with E-state index in [1.807, 2.05) is 12.1 Å². The average Bonchev–Trinajstić information content (AvgIpc) is 2.63. The van der Waals surface area contributed by atoms with Crippen molar-refractivity contribution in [3.63, 3.8) is 0 Å². The van der Waals surface area contributed by atoms with Crippen molar-refractivity contribution in [2.45, 2.75) is 12.5 Å². The number of hydrogen-bond donors (Lipinski definition) is 1. The van der Waals surface area contributed by atoms with E-state index in [-0.39, 0.29) is 17.6 Å². The Labute approximate surface area is 94.5 Å². The molecule has 1 aromatic carbocycles. The molecule has 2 heterocycles. The van der Waals surface area contributed by atoms with Gasteiger partial charge in [-0.15, -0.1) is 0 Å². The topological polar surface area (TPSA) is 55.4 Å². The molecule has 0 aromatic heterocycles. The summed E-state index contributed by atoms with van der Waals surface area (Å²) in [5.74, 6) is 1.09. The lowest BCUT2D eigenvalue weighted by Crippen LogP contribution is -2.45. The molecule has 16 heavy (non-hydrogen) atoms. The highest BCUT2D eigenvalue weighted by Gasteiger charge is 2.35. The van der Waals surface area contributed by atoms with Crippen LogP contribution in [-0.2, 0) is 16.3 Å². The van der Waals surface area contributed by atoms with E-state index in [0.717, 1.165) is 24.4 Å². The van der Waals surface area contributed by atoms with E-state index in [1.54, 1.807) is 0 Å².